The predicted molar refractivity (Wildman–Crippen MR) is 58.7 cm³/mol. The van der Waals surface area contributed by atoms with Crippen LogP contribution in [-0.4, -0.2) is 31.6 Å². The molecule has 2 saturated heterocycles. The number of carbonyl (C=O) groups excluding carboxylic acids is 1. The molecule has 1 spiro atoms. The first-order valence-corrected chi connectivity index (χ1v) is 5.82. The van der Waals surface area contributed by atoms with Crippen molar-refractivity contribution in [1.82, 2.24) is 5.32 Å². The fraction of sp³-hybridized carbons (Fsp3) is 0.917. The van der Waals surface area contributed by atoms with E-state index in [2.05, 4.69) is 26.1 Å². The van der Waals surface area contributed by atoms with E-state index in [1.807, 2.05) is 0 Å². The van der Waals surface area contributed by atoms with Crippen molar-refractivity contribution in [3.8, 4) is 0 Å². The molecule has 3 nitrogen and oxygen atoms in total. The highest BCUT2D eigenvalue weighted by molar-refractivity contribution is 5.88. The second-order valence-electron chi connectivity index (χ2n) is 5.89. The van der Waals surface area contributed by atoms with Gasteiger partial charge in [0.1, 0.15) is 6.61 Å². The van der Waals surface area contributed by atoms with Gasteiger partial charge in [-0.15, -0.1) is 0 Å². The zero-order valence-electron chi connectivity index (χ0n) is 9.93. The number of rotatable bonds is 0. The Morgan fingerprint density at radius 2 is 1.93 bits per heavy atom. The molecular formula is C12H21NO2. The first kappa shape index (κ1) is 11.1. The standard InChI is InChI=1S/C12H21NO2/c1-11(2,3)10-12(9(14)8-15-10)4-6-13-7-5-12/h10,13H,4-8H2,1-3H3. The number of ether oxygens (including phenoxy) is 1. The minimum absolute atomic E-state index is 0.0590. The van der Waals surface area contributed by atoms with Gasteiger partial charge in [0.15, 0.2) is 5.78 Å². The molecule has 2 rings (SSSR count). The van der Waals surface area contributed by atoms with Gasteiger partial charge in [-0.2, -0.15) is 0 Å². The molecule has 2 heterocycles. The molecule has 1 unspecified atom stereocenters. The van der Waals surface area contributed by atoms with Crippen molar-refractivity contribution >= 4 is 5.78 Å². The van der Waals surface area contributed by atoms with E-state index in [0.29, 0.717) is 12.4 Å². The van der Waals surface area contributed by atoms with Crippen LogP contribution in [0.5, 0.6) is 0 Å². The second kappa shape index (κ2) is 3.56. The Kier molecular flexibility index (Phi) is 2.63. The van der Waals surface area contributed by atoms with E-state index in [-0.39, 0.29) is 16.9 Å². The average Bonchev–Trinajstić information content (AvgIpc) is 2.45. The summed E-state index contributed by atoms with van der Waals surface area (Å²) in [6.07, 6.45) is 1.97. The Labute approximate surface area is 91.6 Å². The fourth-order valence-corrected chi connectivity index (χ4v) is 3.10. The molecule has 1 atom stereocenters. The van der Waals surface area contributed by atoms with Gasteiger partial charge in [-0.25, -0.2) is 0 Å². The topological polar surface area (TPSA) is 38.3 Å². The maximum Gasteiger partial charge on any atom is 0.167 e. The monoisotopic (exact) mass is 211 g/mol. The van der Waals surface area contributed by atoms with Gasteiger partial charge in [-0.05, 0) is 31.3 Å². The summed E-state index contributed by atoms with van der Waals surface area (Å²) in [7, 11) is 0. The molecule has 2 fully saturated rings. The second-order valence-corrected chi connectivity index (χ2v) is 5.89. The molecule has 2 aliphatic heterocycles. The lowest BCUT2D eigenvalue weighted by atomic mass is 9.65. The van der Waals surface area contributed by atoms with E-state index in [0.717, 1.165) is 25.9 Å². The lowest BCUT2D eigenvalue weighted by Gasteiger charge is -2.42. The molecule has 0 bridgehead atoms. The fourth-order valence-electron chi connectivity index (χ4n) is 3.10. The van der Waals surface area contributed by atoms with E-state index < -0.39 is 0 Å². The summed E-state index contributed by atoms with van der Waals surface area (Å²) in [6, 6.07) is 0. The van der Waals surface area contributed by atoms with Gasteiger partial charge >= 0.3 is 0 Å². The molecule has 3 heteroatoms. The van der Waals surface area contributed by atoms with Gasteiger partial charge < -0.3 is 10.1 Å². The molecule has 1 N–H and O–H groups in total. The molecule has 0 radical (unpaired) electrons. The van der Waals surface area contributed by atoms with Crippen LogP contribution in [0.15, 0.2) is 0 Å². The first-order valence-electron chi connectivity index (χ1n) is 5.82. The van der Waals surface area contributed by atoms with Crippen molar-refractivity contribution in [3.63, 3.8) is 0 Å². The lowest BCUT2D eigenvalue weighted by Crippen LogP contribution is -2.50. The van der Waals surface area contributed by atoms with Crippen LogP contribution in [0.3, 0.4) is 0 Å². The summed E-state index contributed by atoms with van der Waals surface area (Å²) in [4.78, 5) is 12.1. The third-order valence-electron chi connectivity index (χ3n) is 3.72. The summed E-state index contributed by atoms with van der Waals surface area (Å²) in [5, 5.41) is 3.32. The van der Waals surface area contributed by atoms with Crippen molar-refractivity contribution in [2.75, 3.05) is 19.7 Å². The number of hydrogen-bond acceptors (Lipinski definition) is 3. The maximum atomic E-state index is 12.1. The van der Waals surface area contributed by atoms with Gasteiger partial charge in [0.2, 0.25) is 0 Å². The summed E-state index contributed by atoms with van der Waals surface area (Å²) in [5.74, 6) is 0.323. The molecule has 86 valence electrons. The SMILES string of the molecule is CC(C)(C)C1OCC(=O)C12CCNCC2. The molecule has 15 heavy (non-hydrogen) atoms. The van der Waals surface area contributed by atoms with Crippen molar-refractivity contribution in [1.29, 1.82) is 0 Å². The van der Waals surface area contributed by atoms with E-state index in [9.17, 15) is 4.79 Å². The zero-order valence-corrected chi connectivity index (χ0v) is 9.93. The highest BCUT2D eigenvalue weighted by atomic mass is 16.5. The molecule has 0 aromatic heterocycles. The van der Waals surface area contributed by atoms with E-state index in [1.165, 1.54) is 0 Å². The Morgan fingerprint density at radius 3 is 2.47 bits per heavy atom. The van der Waals surface area contributed by atoms with E-state index in [1.54, 1.807) is 0 Å². The number of carbonyl (C=O) groups is 1. The normalized spacial score (nSPS) is 31.1. The number of hydrogen-bond donors (Lipinski definition) is 1. The molecule has 0 saturated carbocycles. The number of nitrogens with one attached hydrogen (secondary N) is 1. The molecule has 0 aromatic carbocycles. The van der Waals surface area contributed by atoms with Crippen LogP contribution in [0, 0.1) is 10.8 Å². The minimum Gasteiger partial charge on any atom is -0.369 e. The molecule has 0 aromatic rings. The van der Waals surface area contributed by atoms with Crippen molar-refractivity contribution in [2.24, 2.45) is 10.8 Å². The predicted octanol–water partition coefficient (Wildman–Crippen LogP) is 1.37. The van der Waals surface area contributed by atoms with Gasteiger partial charge in [0.25, 0.3) is 0 Å². The molecular weight excluding hydrogens is 190 g/mol. The summed E-state index contributed by atoms with van der Waals surface area (Å²) >= 11 is 0. The Morgan fingerprint density at radius 1 is 1.33 bits per heavy atom. The summed E-state index contributed by atoms with van der Waals surface area (Å²) in [5.41, 5.74) is -0.132. The van der Waals surface area contributed by atoms with Crippen LogP contribution in [-0.2, 0) is 9.53 Å². The third-order valence-corrected chi connectivity index (χ3v) is 3.72. The Bertz CT molecular complexity index is 261. The highest BCUT2D eigenvalue weighted by Gasteiger charge is 2.55. The maximum absolute atomic E-state index is 12.1. The van der Waals surface area contributed by atoms with Gasteiger partial charge in [-0.3, -0.25) is 4.79 Å². The quantitative estimate of drug-likeness (QED) is 0.657. The van der Waals surface area contributed by atoms with Crippen LogP contribution in [0.25, 0.3) is 0 Å². The average molecular weight is 211 g/mol. The van der Waals surface area contributed by atoms with Gasteiger partial charge in [-0.1, -0.05) is 20.8 Å². The third kappa shape index (κ3) is 1.72. The zero-order chi connectivity index (χ0) is 11.1. The number of ketones is 1. The van der Waals surface area contributed by atoms with Crippen molar-refractivity contribution in [2.45, 2.75) is 39.7 Å². The van der Waals surface area contributed by atoms with Crippen LogP contribution in [0.1, 0.15) is 33.6 Å². The van der Waals surface area contributed by atoms with Crippen LogP contribution in [0.4, 0.5) is 0 Å². The lowest BCUT2D eigenvalue weighted by molar-refractivity contribution is -0.128. The largest absolute Gasteiger partial charge is 0.369 e. The van der Waals surface area contributed by atoms with Crippen LogP contribution in [0.2, 0.25) is 0 Å². The minimum atomic E-state index is -0.191. The highest BCUT2D eigenvalue weighted by Crippen LogP contribution is 2.47. The van der Waals surface area contributed by atoms with Crippen molar-refractivity contribution < 1.29 is 9.53 Å². The van der Waals surface area contributed by atoms with Crippen LogP contribution < -0.4 is 5.32 Å². The van der Waals surface area contributed by atoms with Gasteiger partial charge in [0, 0.05) is 0 Å². The number of Topliss-reactive ketones (excluding diaryl/α,β-unsaturated/α-hetero) is 1. The van der Waals surface area contributed by atoms with Crippen LogP contribution >= 0.6 is 0 Å². The Hall–Kier alpha value is -0.410. The van der Waals surface area contributed by atoms with Gasteiger partial charge in [0.05, 0.1) is 11.5 Å². The van der Waals surface area contributed by atoms with Crippen molar-refractivity contribution in [3.05, 3.63) is 0 Å². The molecule has 2 aliphatic rings. The Balaban J connectivity index is 2.28. The number of piperidine rings is 1. The molecule has 0 amide bonds. The van der Waals surface area contributed by atoms with E-state index in [4.69, 9.17) is 4.74 Å². The smallest absolute Gasteiger partial charge is 0.167 e. The molecule has 0 aliphatic carbocycles. The first-order chi connectivity index (χ1) is 6.97. The summed E-state index contributed by atoms with van der Waals surface area (Å²) < 4.78 is 5.75. The van der Waals surface area contributed by atoms with E-state index >= 15 is 0 Å². The summed E-state index contributed by atoms with van der Waals surface area (Å²) in [6.45, 7) is 8.71.